The fourth-order valence-corrected chi connectivity index (χ4v) is 2.03. The van der Waals surface area contributed by atoms with Gasteiger partial charge >= 0.3 is 0 Å². The molecule has 0 aliphatic rings. The first-order chi connectivity index (χ1) is 8.49. The summed E-state index contributed by atoms with van der Waals surface area (Å²) >= 11 is 5.72. The van der Waals surface area contributed by atoms with Gasteiger partial charge in [-0.15, -0.1) is 0 Å². The summed E-state index contributed by atoms with van der Waals surface area (Å²) in [6, 6.07) is 8.02. The summed E-state index contributed by atoms with van der Waals surface area (Å²) in [5.74, 6) is -0.457. The largest absolute Gasteiger partial charge is 0.385 e. The number of benzene rings is 1. The molecule has 1 atom stereocenters. The van der Waals surface area contributed by atoms with Gasteiger partial charge in [0, 0.05) is 24.4 Å². The highest BCUT2D eigenvalue weighted by Crippen LogP contribution is 2.26. The zero-order chi connectivity index (χ0) is 13.2. The predicted molar refractivity (Wildman–Crippen MR) is 68.9 cm³/mol. The molecule has 1 N–H and O–H groups in total. The van der Waals surface area contributed by atoms with Gasteiger partial charge in [0.1, 0.15) is 5.82 Å². The molecule has 1 heterocycles. The van der Waals surface area contributed by atoms with Crippen LogP contribution in [0.25, 0.3) is 0 Å². The van der Waals surface area contributed by atoms with Crippen LogP contribution in [0, 0.1) is 5.82 Å². The van der Waals surface area contributed by atoms with Gasteiger partial charge in [0.05, 0.1) is 10.6 Å². The van der Waals surface area contributed by atoms with Crippen molar-refractivity contribution in [2.24, 2.45) is 0 Å². The summed E-state index contributed by atoms with van der Waals surface area (Å²) < 4.78 is 13.1. The van der Waals surface area contributed by atoms with Crippen molar-refractivity contribution in [1.82, 2.24) is 4.98 Å². The minimum atomic E-state index is -1.06. The fraction of sp³-hybridized carbons (Fsp3) is 0.214. The number of halogens is 2. The van der Waals surface area contributed by atoms with Gasteiger partial charge < -0.3 is 5.11 Å². The van der Waals surface area contributed by atoms with Gasteiger partial charge in [-0.2, -0.15) is 0 Å². The molecule has 0 saturated carbocycles. The Morgan fingerprint density at radius 3 is 2.78 bits per heavy atom. The molecule has 94 valence electrons. The van der Waals surface area contributed by atoms with Gasteiger partial charge in [0.25, 0.3) is 0 Å². The number of pyridine rings is 1. The van der Waals surface area contributed by atoms with Crippen molar-refractivity contribution in [2.45, 2.75) is 18.9 Å². The molecule has 0 aliphatic heterocycles. The summed E-state index contributed by atoms with van der Waals surface area (Å²) in [4.78, 5) is 3.98. The summed E-state index contributed by atoms with van der Waals surface area (Å²) in [6.07, 6.45) is 3.61. The molecule has 4 heteroatoms. The van der Waals surface area contributed by atoms with E-state index in [4.69, 9.17) is 11.6 Å². The van der Waals surface area contributed by atoms with Crippen LogP contribution in [-0.2, 0) is 12.0 Å². The van der Waals surface area contributed by atoms with Crippen molar-refractivity contribution in [3.05, 3.63) is 64.7 Å². The Kier molecular flexibility index (Phi) is 3.64. The Hall–Kier alpha value is -1.45. The molecule has 0 saturated heterocycles. The maximum absolute atomic E-state index is 13.1. The summed E-state index contributed by atoms with van der Waals surface area (Å²) in [5, 5.41) is 10.5. The predicted octanol–water partition coefficient (Wildman–Crippen LogP) is 3.32. The van der Waals surface area contributed by atoms with Crippen LogP contribution in [0.5, 0.6) is 0 Å². The van der Waals surface area contributed by atoms with Gasteiger partial charge in [0.2, 0.25) is 0 Å². The zero-order valence-electron chi connectivity index (χ0n) is 9.90. The highest BCUT2D eigenvalue weighted by Gasteiger charge is 2.23. The molecule has 0 amide bonds. The second kappa shape index (κ2) is 5.04. The van der Waals surface area contributed by atoms with Crippen molar-refractivity contribution in [1.29, 1.82) is 0 Å². The minimum absolute atomic E-state index is 0.0643. The van der Waals surface area contributed by atoms with Crippen molar-refractivity contribution in [3.63, 3.8) is 0 Å². The monoisotopic (exact) mass is 265 g/mol. The lowest BCUT2D eigenvalue weighted by Gasteiger charge is -2.23. The van der Waals surface area contributed by atoms with Crippen molar-refractivity contribution < 1.29 is 9.50 Å². The average molecular weight is 266 g/mol. The average Bonchev–Trinajstić information content (AvgIpc) is 2.35. The molecule has 0 aliphatic carbocycles. The molecule has 18 heavy (non-hydrogen) atoms. The van der Waals surface area contributed by atoms with Crippen molar-refractivity contribution in [3.8, 4) is 0 Å². The molecule has 0 radical (unpaired) electrons. The molecule has 2 nitrogen and oxygen atoms in total. The number of aliphatic hydroxyl groups is 1. The molecular formula is C14H13ClFNO. The first-order valence-corrected chi connectivity index (χ1v) is 5.94. The molecule has 1 unspecified atom stereocenters. The van der Waals surface area contributed by atoms with E-state index < -0.39 is 11.4 Å². The van der Waals surface area contributed by atoms with E-state index in [1.54, 1.807) is 37.5 Å². The first kappa shape index (κ1) is 13.0. The third-order valence-electron chi connectivity index (χ3n) is 2.82. The molecule has 1 aromatic heterocycles. The van der Waals surface area contributed by atoms with Crippen LogP contribution >= 0.6 is 11.6 Å². The van der Waals surface area contributed by atoms with Gasteiger partial charge in [-0.3, -0.25) is 4.98 Å². The summed E-state index contributed by atoms with van der Waals surface area (Å²) in [7, 11) is 0. The Bertz CT molecular complexity index is 543. The standard InChI is InChI=1S/C14H13ClFNO/c1-14(18,11-3-2-6-17-9-11)8-10-4-5-13(16)12(15)7-10/h2-7,9,18H,8H2,1H3. The highest BCUT2D eigenvalue weighted by atomic mass is 35.5. The Morgan fingerprint density at radius 1 is 1.39 bits per heavy atom. The SMILES string of the molecule is CC(O)(Cc1ccc(F)c(Cl)c1)c1cccnc1. The number of hydrogen-bond donors (Lipinski definition) is 1. The van der Waals surface area contributed by atoms with Crippen LogP contribution in [0.4, 0.5) is 4.39 Å². The van der Waals surface area contributed by atoms with Gasteiger partial charge in [0.15, 0.2) is 0 Å². The van der Waals surface area contributed by atoms with Crippen LogP contribution in [0.2, 0.25) is 5.02 Å². The molecule has 1 aromatic carbocycles. The van der Waals surface area contributed by atoms with E-state index in [0.717, 1.165) is 5.56 Å². The third kappa shape index (κ3) is 2.86. The lowest BCUT2D eigenvalue weighted by atomic mass is 9.90. The number of aromatic nitrogens is 1. The first-order valence-electron chi connectivity index (χ1n) is 5.56. The zero-order valence-corrected chi connectivity index (χ0v) is 10.7. The summed E-state index contributed by atoms with van der Waals surface area (Å²) in [6.45, 7) is 1.70. The van der Waals surface area contributed by atoms with Crippen molar-refractivity contribution in [2.75, 3.05) is 0 Å². The second-order valence-corrected chi connectivity index (χ2v) is 4.85. The minimum Gasteiger partial charge on any atom is -0.385 e. The van der Waals surface area contributed by atoms with E-state index in [1.807, 2.05) is 0 Å². The van der Waals surface area contributed by atoms with E-state index in [1.165, 1.54) is 12.1 Å². The molecule has 2 aromatic rings. The quantitative estimate of drug-likeness (QED) is 0.923. The third-order valence-corrected chi connectivity index (χ3v) is 3.11. The lowest BCUT2D eigenvalue weighted by Crippen LogP contribution is -2.24. The highest BCUT2D eigenvalue weighted by molar-refractivity contribution is 6.30. The number of rotatable bonds is 3. The molecule has 0 fully saturated rings. The Morgan fingerprint density at radius 2 is 2.17 bits per heavy atom. The van der Waals surface area contributed by atoms with Crippen molar-refractivity contribution >= 4 is 11.6 Å². The normalized spacial score (nSPS) is 14.2. The Balaban J connectivity index is 2.25. The van der Waals surface area contributed by atoms with Crippen LogP contribution < -0.4 is 0 Å². The topological polar surface area (TPSA) is 33.1 Å². The van der Waals surface area contributed by atoms with E-state index in [2.05, 4.69) is 4.98 Å². The maximum Gasteiger partial charge on any atom is 0.141 e. The van der Waals surface area contributed by atoms with Gasteiger partial charge in [-0.25, -0.2) is 4.39 Å². The van der Waals surface area contributed by atoms with E-state index in [0.29, 0.717) is 12.0 Å². The summed E-state index contributed by atoms with van der Waals surface area (Å²) in [5.41, 5.74) is 0.427. The Labute approximate surface area is 110 Å². The number of nitrogens with zero attached hydrogens (tertiary/aromatic N) is 1. The maximum atomic E-state index is 13.1. The fourth-order valence-electron chi connectivity index (χ4n) is 1.83. The molecule has 2 rings (SSSR count). The van der Waals surface area contributed by atoms with Crippen LogP contribution in [0.3, 0.4) is 0 Å². The molecular weight excluding hydrogens is 253 g/mol. The van der Waals surface area contributed by atoms with E-state index in [-0.39, 0.29) is 5.02 Å². The van der Waals surface area contributed by atoms with Gasteiger partial charge in [-0.05, 0) is 30.7 Å². The van der Waals surface area contributed by atoms with Crippen LogP contribution in [-0.4, -0.2) is 10.1 Å². The molecule has 0 bridgehead atoms. The lowest BCUT2D eigenvalue weighted by molar-refractivity contribution is 0.0572. The van der Waals surface area contributed by atoms with Crippen LogP contribution in [0.1, 0.15) is 18.1 Å². The van der Waals surface area contributed by atoms with Gasteiger partial charge in [-0.1, -0.05) is 23.7 Å². The van der Waals surface area contributed by atoms with E-state index in [9.17, 15) is 9.50 Å². The number of hydrogen-bond acceptors (Lipinski definition) is 2. The molecule has 0 spiro atoms. The van der Waals surface area contributed by atoms with Crippen LogP contribution in [0.15, 0.2) is 42.7 Å². The van der Waals surface area contributed by atoms with E-state index >= 15 is 0 Å². The smallest absolute Gasteiger partial charge is 0.141 e. The second-order valence-electron chi connectivity index (χ2n) is 4.44.